The van der Waals surface area contributed by atoms with E-state index in [1.807, 2.05) is 0 Å². The molecule has 2 aromatic rings. The summed E-state index contributed by atoms with van der Waals surface area (Å²) in [6.45, 7) is 7.98. The summed E-state index contributed by atoms with van der Waals surface area (Å²) in [6, 6.07) is 4.48. The second kappa shape index (κ2) is 7.54. The lowest BCUT2D eigenvalue weighted by atomic mass is 9.92. The Morgan fingerprint density at radius 2 is 1.92 bits per heavy atom. The van der Waals surface area contributed by atoms with E-state index in [9.17, 15) is 13.2 Å². The number of oxazole rings is 1. The Morgan fingerprint density at radius 3 is 2.62 bits per heavy atom. The Labute approximate surface area is 154 Å². The van der Waals surface area contributed by atoms with E-state index in [0.717, 1.165) is 26.1 Å². The van der Waals surface area contributed by atoms with Gasteiger partial charge in [-0.15, -0.1) is 0 Å². The molecule has 1 aromatic heterocycles. The lowest BCUT2D eigenvalue weighted by Crippen LogP contribution is -2.40. The molecule has 1 aliphatic heterocycles. The fraction of sp³-hybridized carbons (Fsp3) is 0.611. The highest BCUT2D eigenvalue weighted by Gasteiger charge is 2.21. The Hall–Kier alpha value is -1.64. The van der Waals surface area contributed by atoms with Crippen molar-refractivity contribution >= 4 is 21.1 Å². The summed E-state index contributed by atoms with van der Waals surface area (Å²) >= 11 is 0. The molecule has 144 valence electrons. The van der Waals surface area contributed by atoms with Crippen molar-refractivity contribution in [3.05, 3.63) is 28.7 Å². The zero-order chi connectivity index (χ0) is 18.9. The average Bonchev–Trinajstić information content (AvgIpc) is 2.85. The molecule has 8 heteroatoms. The van der Waals surface area contributed by atoms with Crippen LogP contribution in [0.2, 0.25) is 0 Å². The summed E-state index contributed by atoms with van der Waals surface area (Å²) in [7, 11) is -2.03. The summed E-state index contributed by atoms with van der Waals surface area (Å²) in [5.41, 5.74) is 0.846. The number of sulfonamides is 1. The number of hydrogen-bond donors (Lipinski definition) is 1. The molecule has 0 radical (unpaired) electrons. The molecule has 0 spiro atoms. The Morgan fingerprint density at radius 1 is 1.23 bits per heavy atom. The van der Waals surface area contributed by atoms with Crippen LogP contribution in [0.25, 0.3) is 11.1 Å². The van der Waals surface area contributed by atoms with E-state index in [1.54, 1.807) is 13.1 Å². The molecule has 0 unspecified atom stereocenters. The number of rotatable bonds is 6. The molecule has 1 fully saturated rings. The molecule has 1 N–H and O–H groups in total. The zero-order valence-electron chi connectivity index (χ0n) is 15.6. The van der Waals surface area contributed by atoms with E-state index in [0.29, 0.717) is 23.9 Å². The van der Waals surface area contributed by atoms with Crippen LogP contribution in [-0.4, -0.2) is 44.1 Å². The van der Waals surface area contributed by atoms with Crippen molar-refractivity contribution < 1.29 is 12.8 Å². The summed E-state index contributed by atoms with van der Waals surface area (Å²) < 4.78 is 34.0. The van der Waals surface area contributed by atoms with Gasteiger partial charge in [0.15, 0.2) is 5.58 Å². The topological polar surface area (TPSA) is 84.6 Å². The van der Waals surface area contributed by atoms with E-state index in [4.69, 9.17) is 4.42 Å². The van der Waals surface area contributed by atoms with Crippen LogP contribution in [0.15, 0.2) is 32.3 Å². The third kappa shape index (κ3) is 4.19. The zero-order valence-corrected chi connectivity index (χ0v) is 16.4. The van der Waals surface area contributed by atoms with Gasteiger partial charge in [0.25, 0.3) is 0 Å². The van der Waals surface area contributed by atoms with Crippen molar-refractivity contribution in [2.24, 2.45) is 18.9 Å². The van der Waals surface area contributed by atoms with Crippen molar-refractivity contribution in [3.8, 4) is 0 Å². The summed E-state index contributed by atoms with van der Waals surface area (Å²) in [4.78, 5) is 14.1. The second-order valence-corrected chi connectivity index (χ2v) is 9.28. The quantitative estimate of drug-likeness (QED) is 0.771. The van der Waals surface area contributed by atoms with Gasteiger partial charge in [0.2, 0.25) is 10.0 Å². The maximum Gasteiger partial charge on any atom is 0.419 e. The minimum atomic E-state index is -3.62. The first kappa shape index (κ1) is 19.1. The fourth-order valence-electron chi connectivity index (χ4n) is 3.85. The molecule has 7 nitrogen and oxygen atoms in total. The van der Waals surface area contributed by atoms with E-state index in [1.165, 1.54) is 23.1 Å². The van der Waals surface area contributed by atoms with Crippen LogP contribution in [0.4, 0.5) is 0 Å². The molecule has 2 heterocycles. The van der Waals surface area contributed by atoms with Crippen molar-refractivity contribution in [3.63, 3.8) is 0 Å². The maximum absolute atomic E-state index is 12.5. The summed E-state index contributed by atoms with van der Waals surface area (Å²) in [5.74, 6) is 0.887. The molecule has 2 atom stereocenters. The highest BCUT2D eigenvalue weighted by atomic mass is 32.2. The lowest BCUT2D eigenvalue weighted by molar-refractivity contribution is 0.140. The van der Waals surface area contributed by atoms with Crippen LogP contribution >= 0.6 is 0 Å². The molecule has 0 saturated carbocycles. The molecule has 0 aliphatic carbocycles. The number of likely N-dealkylation sites (tertiary alicyclic amines) is 1. The van der Waals surface area contributed by atoms with Gasteiger partial charge in [-0.05, 0) is 43.4 Å². The highest BCUT2D eigenvalue weighted by molar-refractivity contribution is 7.89. The first-order valence-corrected chi connectivity index (χ1v) is 10.6. The lowest BCUT2D eigenvalue weighted by Gasteiger charge is -2.34. The van der Waals surface area contributed by atoms with Gasteiger partial charge >= 0.3 is 5.76 Å². The predicted molar refractivity (Wildman–Crippen MR) is 101 cm³/mol. The molecule has 1 aliphatic rings. The number of fused-ring (bicyclic) bond motifs is 1. The Kier molecular flexibility index (Phi) is 5.55. The molecule has 1 saturated heterocycles. The Balaban J connectivity index is 1.58. The molecule has 1 aromatic carbocycles. The molecule has 0 bridgehead atoms. The summed E-state index contributed by atoms with van der Waals surface area (Å²) in [6.07, 6.45) is 2.03. The first-order chi connectivity index (χ1) is 12.3. The third-order valence-corrected chi connectivity index (χ3v) is 6.42. The van der Waals surface area contributed by atoms with Crippen LogP contribution in [0.3, 0.4) is 0 Å². The van der Waals surface area contributed by atoms with Gasteiger partial charge in [-0.1, -0.05) is 13.8 Å². The molecule has 3 rings (SSSR count). The van der Waals surface area contributed by atoms with Gasteiger partial charge in [0.1, 0.15) is 0 Å². The standard InChI is InChI=1S/C18H27N3O4S/c1-13-9-14(2)12-21(11-13)8-4-7-19-26(23,24)15-5-6-16-17(10-15)25-18(22)20(16)3/h5-6,10,13-14,19H,4,7-9,11-12H2,1-3H3/t13-,14+. The predicted octanol–water partition coefficient (Wildman–Crippen LogP) is 1.78. The fourth-order valence-corrected chi connectivity index (χ4v) is 4.94. The third-order valence-electron chi connectivity index (χ3n) is 4.96. The van der Waals surface area contributed by atoms with Crippen LogP contribution in [0.1, 0.15) is 26.7 Å². The van der Waals surface area contributed by atoms with Gasteiger partial charge in [-0.3, -0.25) is 4.57 Å². The van der Waals surface area contributed by atoms with Gasteiger partial charge in [0, 0.05) is 32.7 Å². The van der Waals surface area contributed by atoms with E-state index < -0.39 is 15.8 Å². The first-order valence-electron chi connectivity index (χ1n) is 9.08. The van der Waals surface area contributed by atoms with Crippen LogP contribution in [0.5, 0.6) is 0 Å². The number of benzene rings is 1. The minimum absolute atomic E-state index is 0.111. The minimum Gasteiger partial charge on any atom is -0.408 e. The van der Waals surface area contributed by atoms with Crippen LogP contribution in [-0.2, 0) is 17.1 Å². The van der Waals surface area contributed by atoms with E-state index in [2.05, 4.69) is 23.5 Å². The van der Waals surface area contributed by atoms with Gasteiger partial charge in [-0.2, -0.15) is 0 Å². The number of aromatic nitrogens is 1. The van der Waals surface area contributed by atoms with Gasteiger partial charge < -0.3 is 9.32 Å². The number of aryl methyl sites for hydroxylation is 1. The normalized spacial score (nSPS) is 22.1. The van der Waals surface area contributed by atoms with Crippen molar-refractivity contribution in [2.45, 2.75) is 31.6 Å². The number of nitrogens with zero attached hydrogens (tertiary/aromatic N) is 2. The van der Waals surface area contributed by atoms with Crippen molar-refractivity contribution in [2.75, 3.05) is 26.2 Å². The van der Waals surface area contributed by atoms with Crippen molar-refractivity contribution in [1.29, 1.82) is 0 Å². The highest BCUT2D eigenvalue weighted by Crippen LogP contribution is 2.21. The largest absolute Gasteiger partial charge is 0.419 e. The number of piperidine rings is 1. The molecular weight excluding hydrogens is 354 g/mol. The van der Waals surface area contributed by atoms with E-state index in [-0.39, 0.29) is 10.5 Å². The van der Waals surface area contributed by atoms with Gasteiger partial charge in [-0.25, -0.2) is 17.9 Å². The Bertz CT molecular complexity index is 922. The smallest absolute Gasteiger partial charge is 0.408 e. The monoisotopic (exact) mass is 381 g/mol. The average molecular weight is 381 g/mol. The molecule has 0 amide bonds. The molecule has 26 heavy (non-hydrogen) atoms. The SMILES string of the molecule is C[C@@H]1C[C@H](C)CN(CCCNS(=O)(=O)c2ccc3c(c2)oc(=O)n3C)C1. The second-order valence-electron chi connectivity index (χ2n) is 7.51. The summed E-state index contributed by atoms with van der Waals surface area (Å²) in [5, 5.41) is 0. The number of hydrogen-bond acceptors (Lipinski definition) is 5. The van der Waals surface area contributed by atoms with Crippen LogP contribution < -0.4 is 10.5 Å². The number of nitrogens with one attached hydrogen (secondary N) is 1. The van der Waals surface area contributed by atoms with E-state index >= 15 is 0 Å². The van der Waals surface area contributed by atoms with Crippen molar-refractivity contribution in [1.82, 2.24) is 14.2 Å². The van der Waals surface area contributed by atoms with Crippen LogP contribution in [0, 0.1) is 11.8 Å². The van der Waals surface area contributed by atoms with Gasteiger partial charge in [0.05, 0.1) is 10.4 Å². The molecular formula is C18H27N3O4S. The maximum atomic E-state index is 12.5.